The number of carbonyl (C=O) groups is 1. The fourth-order valence-electron chi connectivity index (χ4n) is 2.17. The van der Waals surface area contributed by atoms with E-state index in [0.29, 0.717) is 5.56 Å². The molecule has 0 saturated carbocycles. The quantitative estimate of drug-likeness (QED) is 0.475. The summed E-state index contributed by atoms with van der Waals surface area (Å²) < 4.78 is 0.872. The average Bonchev–Trinajstić information content (AvgIpc) is 2.55. The lowest BCUT2D eigenvalue weighted by Crippen LogP contribution is -2.34. The van der Waals surface area contributed by atoms with Crippen molar-refractivity contribution in [3.05, 3.63) is 69.9 Å². The molecule has 0 atom stereocenters. The van der Waals surface area contributed by atoms with Crippen LogP contribution in [0.3, 0.4) is 0 Å². The molecule has 0 spiro atoms. The Balaban J connectivity index is 1.77. The number of pyridine rings is 1. The number of nitrogens with zero attached hydrogens (tertiary/aromatic N) is 1. The third-order valence-corrected chi connectivity index (χ3v) is 4.37. The van der Waals surface area contributed by atoms with Gasteiger partial charge in [-0.25, -0.2) is 0 Å². The highest BCUT2D eigenvalue weighted by Crippen LogP contribution is 2.20. The van der Waals surface area contributed by atoms with Crippen LogP contribution in [0.15, 0.2) is 60.8 Å². The molecule has 0 aliphatic rings. The van der Waals surface area contributed by atoms with Gasteiger partial charge in [0.1, 0.15) is 0 Å². The third kappa shape index (κ3) is 3.65. The van der Waals surface area contributed by atoms with Gasteiger partial charge >= 0.3 is 0 Å². The Bertz CT molecular complexity index is 892. The van der Waals surface area contributed by atoms with Crippen molar-refractivity contribution in [2.75, 3.05) is 5.32 Å². The summed E-state index contributed by atoms with van der Waals surface area (Å²) in [5, 5.41) is 6.99. The molecule has 0 aliphatic heterocycles. The fraction of sp³-hybridized carbons (Fsp3) is 0. The highest BCUT2D eigenvalue weighted by Gasteiger charge is 2.11. The van der Waals surface area contributed by atoms with Gasteiger partial charge in [-0.3, -0.25) is 15.1 Å². The molecule has 0 saturated heterocycles. The summed E-state index contributed by atoms with van der Waals surface area (Å²) in [6.07, 6.45) is 1.72. The lowest BCUT2D eigenvalue weighted by molar-refractivity contribution is 0.0977. The van der Waals surface area contributed by atoms with E-state index in [1.165, 1.54) is 0 Å². The van der Waals surface area contributed by atoms with Gasteiger partial charge in [-0.2, -0.15) is 0 Å². The minimum atomic E-state index is -0.235. The number of hydrogen-bond acceptors (Lipinski definition) is 3. The molecule has 0 radical (unpaired) electrons. The van der Waals surface area contributed by atoms with Crippen LogP contribution in [0.2, 0.25) is 0 Å². The fourth-order valence-corrected chi connectivity index (χ4v) is 3.01. The van der Waals surface area contributed by atoms with E-state index in [0.717, 1.165) is 20.2 Å². The second-order valence-corrected chi connectivity index (χ2v) is 6.34. The standard InChI is InChI=1S/C17H12IN3OS/c18-13-8-2-1-7-12(13)16(22)21-17(23)20-14-9-3-5-11-6-4-10-19-15(11)14/h1-10H,(H2,20,21,22,23). The van der Waals surface area contributed by atoms with Gasteiger partial charge in [0.05, 0.1) is 16.8 Å². The summed E-state index contributed by atoms with van der Waals surface area (Å²) in [7, 11) is 0. The molecule has 0 aliphatic carbocycles. The molecule has 2 N–H and O–H groups in total. The van der Waals surface area contributed by atoms with Crippen LogP contribution in [0.1, 0.15) is 10.4 Å². The topological polar surface area (TPSA) is 54.0 Å². The van der Waals surface area contributed by atoms with Crippen molar-refractivity contribution < 1.29 is 4.79 Å². The van der Waals surface area contributed by atoms with Crippen LogP contribution in [0.5, 0.6) is 0 Å². The van der Waals surface area contributed by atoms with E-state index in [-0.39, 0.29) is 11.0 Å². The summed E-state index contributed by atoms with van der Waals surface area (Å²) in [4.78, 5) is 16.6. The summed E-state index contributed by atoms with van der Waals surface area (Å²) in [6, 6.07) is 17.0. The first kappa shape index (κ1) is 15.8. The molecule has 3 rings (SSSR count). The molecule has 2 aromatic carbocycles. The molecule has 114 valence electrons. The maximum Gasteiger partial charge on any atom is 0.258 e. The lowest BCUT2D eigenvalue weighted by Gasteiger charge is -2.11. The lowest BCUT2D eigenvalue weighted by atomic mass is 10.2. The number of para-hydroxylation sites is 1. The molecule has 0 bridgehead atoms. The van der Waals surface area contributed by atoms with E-state index in [9.17, 15) is 4.79 Å². The Morgan fingerprint density at radius 2 is 1.83 bits per heavy atom. The second-order valence-electron chi connectivity index (χ2n) is 4.77. The number of anilines is 1. The van der Waals surface area contributed by atoms with E-state index >= 15 is 0 Å². The normalized spacial score (nSPS) is 10.3. The summed E-state index contributed by atoms with van der Waals surface area (Å²) in [5.41, 5.74) is 2.16. The molecule has 6 heteroatoms. The Kier molecular flexibility index (Phi) is 4.82. The van der Waals surface area contributed by atoms with Gasteiger partial charge in [0, 0.05) is 15.2 Å². The zero-order chi connectivity index (χ0) is 16.2. The van der Waals surface area contributed by atoms with Gasteiger partial charge in [-0.15, -0.1) is 0 Å². The van der Waals surface area contributed by atoms with Crippen LogP contribution in [0, 0.1) is 3.57 Å². The van der Waals surface area contributed by atoms with Crippen LogP contribution in [0.25, 0.3) is 10.9 Å². The van der Waals surface area contributed by atoms with E-state index in [2.05, 4.69) is 38.2 Å². The number of fused-ring (bicyclic) bond motifs is 1. The van der Waals surface area contributed by atoms with Crippen LogP contribution < -0.4 is 10.6 Å². The monoisotopic (exact) mass is 433 g/mol. The maximum atomic E-state index is 12.3. The first-order chi connectivity index (χ1) is 11.1. The van der Waals surface area contributed by atoms with Crippen molar-refractivity contribution in [3.8, 4) is 0 Å². The Morgan fingerprint density at radius 1 is 1.04 bits per heavy atom. The highest BCUT2D eigenvalue weighted by atomic mass is 127. The van der Waals surface area contributed by atoms with Crippen LogP contribution in [0.4, 0.5) is 5.69 Å². The number of benzene rings is 2. The van der Waals surface area contributed by atoms with E-state index in [1.807, 2.05) is 48.5 Å². The maximum absolute atomic E-state index is 12.3. The first-order valence-corrected chi connectivity index (χ1v) is 8.34. The van der Waals surface area contributed by atoms with Crippen molar-refractivity contribution in [1.82, 2.24) is 10.3 Å². The minimum absolute atomic E-state index is 0.235. The van der Waals surface area contributed by atoms with E-state index in [1.54, 1.807) is 12.3 Å². The molecule has 1 aromatic heterocycles. The highest BCUT2D eigenvalue weighted by molar-refractivity contribution is 14.1. The van der Waals surface area contributed by atoms with Gasteiger partial charge in [-0.1, -0.05) is 30.3 Å². The molecular formula is C17H12IN3OS. The van der Waals surface area contributed by atoms with Crippen molar-refractivity contribution in [3.63, 3.8) is 0 Å². The summed E-state index contributed by atoms with van der Waals surface area (Å²) >= 11 is 7.37. The number of rotatable bonds is 2. The second kappa shape index (κ2) is 7.01. The van der Waals surface area contributed by atoms with Gasteiger partial charge in [0.2, 0.25) is 0 Å². The van der Waals surface area contributed by atoms with Crippen molar-refractivity contribution in [2.24, 2.45) is 0 Å². The molecule has 0 fully saturated rings. The molecular weight excluding hydrogens is 421 g/mol. The van der Waals surface area contributed by atoms with Crippen LogP contribution in [-0.4, -0.2) is 16.0 Å². The van der Waals surface area contributed by atoms with E-state index < -0.39 is 0 Å². The number of carbonyl (C=O) groups excluding carboxylic acids is 1. The van der Waals surface area contributed by atoms with Gasteiger partial charge in [0.15, 0.2) is 5.11 Å². The Morgan fingerprint density at radius 3 is 2.65 bits per heavy atom. The molecule has 0 unspecified atom stereocenters. The smallest absolute Gasteiger partial charge is 0.258 e. The molecule has 4 nitrogen and oxygen atoms in total. The third-order valence-electron chi connectivity index (χ3n) is 3.23. The molecule has 3 aromatic rings. The van der Waals surface area contributed by atoms with Crippen molar-refractivity contribution >= 4 is 62.4 Å². The molecule has 1 amide bonds. The van der Waals surface area contributed by atoms with E-state index in [4.69, 9.17) is 12.2 Å². The van der Waals surface area contributed by atoms with Crippen LogP contribution >= 0.6 is 34.8 Å². The first-order valence-electron chi connectivity index (χ1n) is 6.86. The number of nitrogens with one attached hydrogen (secondary N) is 2. The van der Waals surface area contributed by atoms with Crippen molar-refractivity contribution in [2.45, 2.75) is 0 Å². The number of hydrogen-bond donors (Lipinski definition) is 2. The summed E-state index contributed by atoms with van der Waals surface area (Å²) in [6.45, 7) is 0. The zero-order valence-corrected chi connectivity index (χ0v) is 14.9. The van der Waals surface area contributed by atoms with Gasteiger partial charge < -0.3 is 5.32 Å². The Hall–Kier alpha value is -2.06. The Labute approximate surface area is 152 Å². The average molecular weight is 433 g/mol. The van der Waals surface area contributed by atoms with Crippen molar-refractivity contribution in [1.29, 1.82) is 0 Å². The predicted octanol–water partition coefficient (Wildman–Crippen LogP) is 3.97. The molecule has 23 heavy (non-hydrogen) atoms. The van der Waals surface area contributed by atoms with Crippen LogP contribution in [-0.2, 0) is 0 Å². The zero-order valence-electron chi connectivity index (χ0n) is 11.9. The largest absolute Gasteiger partial charge is 0.331 e. The van der Waals surface area contributed by atoms with Gasteiger partial charge in [-0.05, 0) is 59.1 Å². The summed E-state index contributed by atoms with van der Waals surface area (Å²) in [5.74, 6) is -0.235. The number of halogens is 1. The number of aromatic nitrogens is 1. The molecule has 1 heterocycles. The van der Waals surface area contributed by atoms with Gasteiger partial charge in [0.25, 0.3) is 5.91 Å². The SMILES string of the molecule is O=C(NC(=S)Nc1cccc2cccnc12)c1ccccc1I. The number of thiocarbonyl (C=S) groups is 1. The number of amides is 1. The predicted molar refractivity (Wildman–Crippen MR) is 105 cm³/mol. The minimum Gasteiger partial charge on any atom is -0.331 e.